The van der Waals surface area contributed by atoms with E-state index in [0.717, 1.165) is 53.4 Å². The highest BCUT2D eigenvalue weighted by Gasteiger charge is 2.25. The van der Waals surface area contributed by atoms with Gasteiger partial charge in [0.2, 0.25) is 0 Å². The molecular weight excluding hydrogens is 444 g/mol. The lowest BCUT2D eigenvalue weighted by Gasteiger charge is -2.09. The first-order valence-electron chi connectivity index (χ1n) is 11.2. The molecule has 5 nitrogen and oxygen atoms in total. The van der Waals surface area contributed by atoms with E-state index in [-0.39, 0.29) is 11.1 Å². The van der Waals surface area contributed by atoms with Gasteiger partial charge in [0.25, 0.3) is 11.1 Å². The summed E-state index contributed by atoms with van der Waals surface area (Å²) in [7, 11) is 0. The van der Waals surface area contributed by atoms with Gasteiger partial charge < -0.3 is 9.30 Å². The van der Waals surface area contributed by atoms with Crippen molar-refractivity contribution < 1.29 is 14.3 Å². The van der Waals surface area contributed by atoms with E-state index in [0.29, 0.717) is 11.5 Å². The fraction of sp³-hybridized carbons (Fsp3) is 0.143. The molecule has 5 rings (SSSR count). The van der Waals surface area contributed by atoms with Crippen molar-refractivity contribution in [1.29, 1.82) is 0 Å². The number of imide groups is 1. The van der Waals surface area contributed by atoms with Crippen LogP contribution in [0.5, 0.6) is 5.75 Å². The van der Waals surface area contributed by atoms with Gasteiger partial charge in [-0.1, -0.05) is 60.7 Å². The van der Waals surface area contributed by atoms with Crippen LogP contribution < -0.4 is 10.1 Å². The van der Waals surface area contributed by atoms with E-state index in [9.17, 15) is 9.59 Å². The van der Waals surface area contributed by atoms with Crippen LogP contribution in [0.1, 0.15) is 23.1 Å². The fourth-order valence-electron chi connectivity index (χ4n) is 4.10. The van der Waals surface area contributed by atoms with Crippen LogP contribution in [0.2, 0.25) is 0 Å². The number of rotatable bonds is 8. The van der Waals surface area contributed by atoms with E-state index in [1.807, 2.05) is 42.6 Å². The quantitative estimate of drug-likeness (QED) is 0.254. The summed E-state index contributed by atoms with van der Waals surface area (Å²) in [6.07, 6.45) is 5.58. The highest BCUT2D eigenvalue weighted by molar-refractivity contribution is 8.18. The molecule has 1 saturated heterocycles. The topological polar surface area (TPSA) is 60.3 Å². The number of aromatic nitrogens is 1. The van der Waals surface area contributed by atoms with Gasteiger partial charge >= 0.3 is 0 Å². The summed E-state index contributed by atoms with van der Waals surface area (Å²) in [5.41, 5.74) is 4.57. The molecule has 2 heterocycles. The summed E-state index contributed by atoms with van der Waals surface area (Å²) in [5.74, 6) is 0.531. The Morgan fingerprint density at radius 3 is 2.38 bits per heavy atom. The van der Waals surface area contributed by atoms with Crippen LogP contribution in [0.4, 0.5) is 4.79 Å². The van der Waals surface area contributed by atoms with Crippen molar-refractivity contribution in [2.24, 2.45) is 0 Å². The minimum atomic E-state index is -0.338. The molecule has 170 valence electrons. The predicted octanol–water partition coefficient (Wildman–Crippen LogP) is 6.03. The van der Waals surface area contributed by atoms with Crippen molar-refractivity contribution in [3.63, 3.8) is 0 Å². The molecule has 0 atom stereocenters. The maximum absolute atomic E-state index is 11.9. The average molecular weight is 469 g/mol. The maximum Gasteiger partial charge on any atom is 0.290 e. The van der Waals surface area contributed by atoms with Crippen molar-refractivity contribution in [3.05, 3.63) is 107 Å². The molecule has 2 amide bonds. The summed E-state index contributed by atoms with van der Waals surface area (Å²) >= 11 is 0.939. The molecule has 0 aliphatic carbocycles. The van der Waals surface area contributed by atoms with Crippen molar-refractivity contribution in [1.82, 2.24) is 9.88 Å². The number of benzene rings is 3. The van der Waals surface area contributed by atoms with Crippen molar-refractivity contribution in [2.75, 3.05) is 6.61 Å². The molecule has 3 aromatic carbocycles. The number of aryl methyl sites for hydroxylation is 1. The summed E-state index contributed by atoms with van der Waals surface area (Å²) in [5, 5.41) is 3.03. The molecule has 34 heavy (non-hydrogen) atoms. The van der Waals surface area contributed by atoms with Crippen LogP contribution in [0.25, 0.3) is 17.0 Å². The van der Waals surface area contributed by atoms with Gasteiger partial charge in [0.05, 0.1) is 11.5 Å². The van der Waals surface area contributed by atoms with Gasteiger partial charge in [-0.2, -0.15) is 0 Å². The van der Waals surface area contributed by atoms with E-state index in [2.05, 4.69) is 52.3 Å². The number of fused-ring (bicyclic) bond motifs is 1. The second kappa shape index (κ2) is 10.0. The Morgan fingerprint density at radius 2 is 1.62 bits per heavy atom. The monoisotopic (exact) mass is 468 g/mol. The zero-order valence-electron chi connectivity index (χ0n) is 18.6. The molecule has 1 aliphatic rings. The Kier molecular flexibility index (Phi) is 6.49. The fourth-order valence-corrected chi connectivity index (χ4v) is 4.77. The SMILES string of the molecule is O=C1NC(=O)/C(=C/c2cn(CCCOc3ccc(Cc4ccccc4)cc3)c3ccccc23)S1. The predicted molar refractivity (Wildman–Crippen MR) is 137 cm³/mol. The molecule has 6 heteroatoms. The summed E-state index contributed by atoms with van der Waals surface area (Å²) in [6, 6.07) is 26.8. The number of carbonyl (C=O) groups excluding carboxylic acids is 2. The van der Waals surface area contributed by atoms with Gasteiger partial charge in [0.15, 0.2) is 0 Å². The van der Waals surface area contributed by atoms with Crippen molar-refractivity contribution >= 4 is 39.9 Å². The zero-order chi connectivity index (χ0) is 23.3. The number of hydrogen-bond donors (Lipinski definition) is 1. The Morgan fingerprint density at radius 1 is 0.882 bits per heavy atom. The first-order chi connectivity index (χ1) is 16.7. The van der Waals surface area contributed by atoms with E-state index >= 15 is 0 Å². The zero-order valence-corrected chi connectivity index (χ0v) is 19.4. The summed E-state index contributed by atoms with van der Waals surface area (Å²) in [6.45, 7) is 1.39. The Balaban J connectivity index is 1.20. The van der Waals surface area contributed by atoms with Crippen molar-refractivity contribution in [2.45, 2.75) is 19.4 Å². The maximum atomic E-state index is 11.9. The van der Waals surface area contributed by atoms with Gasteiger partial charge in [0.1, 0.15) is 5.75 Å². The van der Waals surface area contributed by atoms with Gasteiger partial charge in [0, 0.05) is 29.2 Å². The highest BCUT2D eigenvalue weighted by atomic mass is 32.2. The average Bonchev–Trinajstić information content (AvgIpc) is 3.37. The van der Waals surface area contributed by atoms with E-state index in [1.165, 1.54) is 11.1 Å². The molecule has 0 unspecified atom stereocenters. The number of ether oxygens (including phenoxy) is 1. The van der Waals surface area contributed by atoms with Gasteiger partial charge in [-0.15, -0.1) is 0 Å². The third kappa shape index (κ3) is 5.07. The normalized spacial score (nSPS) is 14.6. The standard InChI is InChI=1S/C28H24N2O3S/c31-27-26(34-28(32)29-27)18-22-19-30(25-10-5-4-9-24(22)25)15-6-16-33-23-13-11-21(12-14-23)17-20-7-2-1-3-8-20/h1-5,7-14,18-19H,6,15-17H2,(H,29,31,32)/b26-18-. The third-order valence-electron chi connectivity index (χ3n) is 5.73. The smallest absolute Gasteiger partial charge is 0.290 e. The number of amides is 2. The van der Waals surface area contributed by atoms with E-state index in [1.54, 1.807) is 6.08 Å². The number of nitrogens with zero attached hydrogens (tertiary/aromatic N) is 1. The molecule has 0 radical (unpaired) electrons. The molecule has 4 aromatic rings. The minimum absolute atomic E-state index is 0.328. The lowest BCUT2D eigenvalue weighted by atomic mass is 10.1. The van der Waals surface area contributed by atoms with Gasteiger partial charge in [-0.3, -0.25) is 14.9 Å². The number of thioether (sulfide) groups is 1. The molecule has 0 bridgehead atoms. The van der Waals surface area contributed by atoms with E-state index < -0.39 is 0 Å². The molecule has 1 aliphatic heterocycles. The highest BCUT2D eigenvalue weighted by Crippen LogP contribution is 2.29. The molecule has 1 aromatic heterocycles. The van der Waals surface area contributed by atoms with Crippen molar-refractivity contribution in [3.8, 4) is 5.75 Å². The number of para-hydroxylation sites is 1. The van der Waals surface area contributed by atoms with E-state index in [4.69, 9.17) is 4.74 Å². The molecule has 1 fully saturated rings. The van der Waals surface area contributed by atoms with Gasteiger partial charge in [-0.25, -0.2) is 0 Å². The second-order valence-corrected chi connectivity index (χ2v) is 9.17. The molecule has 0 spiro atoms. The van der Waals surface area contributed by atoms with Crippen LogP contribution in [0.3, 0.4) is 0 Å². The number of carbonyl (C=O) groups is 2. The third-order valence-corrected chi connectivity index (χ3v) is 6.55. The Labute approximate surface area is 202 Å². The lowest BCUT2D eigenvalue weighted by molar-refractivity contribution is -0.115. The van der Waals surface area contributed by atoms with Crippen LogP contribution >= 0.6 is 11.8 Å². The van der Waals surface area contributed by atoms with Crippen LogP contribution in [0.15, 0.2) is 90.0 Å². The van der Waals surface area contributed by atoms with Crippen LogP contribution in [-0.4, -0.2) is 22.3 Å². The first kappa shape index (κ1) is 22.0. The van der Waals surface area contributed by atoms with Gasteiger partial charge in [-0.05, 0) is 60.0 Å². The number of nitrogens with one attached hydrogen (secondary N) is 1. The Bertz CT molecular complexity index is 1360. The van der Waals surface area contributed by atoms with Crippen LogP contribution in [0, 0.1) is 0 Å². The lowest BCUT2D eigenvalue weighted by Crippen LogP contribution is -2.17. The summed E-state index contributed by atoms with van der Waals surface area (Å²) < 4.78 is 8.14. The largest absolute Gasteiger partial charge is 0.494 e. The minimum Gasteiger partial charge on any atom is -0.494 e. The molecule has 0 saturated carbocycles. The molecule has 1 N–H and O–H groups in total. The van der Waals surface area contributed by atoms with Crippen LogP contribution in [-0.2, 0) is 17.8 Å². The summed E-state index contributed by atoms with van der Waals surface area (Å²) in [4.78, 5) is 23.9. The first-order valence-corrected chi connectivity index (χ1v) is 12.1. The Hall–Kier alpha value is -3.77. The number of hydrogen-bond acceptors (Lipinski definition) is 4. The molecular formula is C28H24N2O3S. The second-order valence-electron chi connectivity index (χ2n) is 8.16.